The number of pyridine rings is 2. The molecule has 3 heterocycles. The van der Waals surface area contributed by atoms with Gasteiger partial charge < -0.3 is 5.11 Å². The van der Waals surface area contributed by atoms with Crippen molar-refractivity contribution in [3.63, 3.8) is 0 Å². The summed E-state index contributed by atoms with van der Waals surface area (Å²) in [5.74, 6) is 0. The lowest BCUT2D eigenvalue weighted by Gasteiger charge is -2.37. The van der Waals surface area contributed by atoms with Crippen molar-refractivity contribution in [1.82, 2.24) is 25.0 Å². The lowest BCUT2D eigenvalue weighted by atomic mass is 9.78. The van der Waals surface area contributed by atoms with Gasteiger partial charge in [0.1, 0.15) is 11.6 Å². The van der Waals surface area contributed by atoms with E-state index in [1.165, 1.54) is 0 Å². The highest BCUT2D eigenvalue weighted by Gasteiger charge is 2.43. The van der Waals surface area contributed by atoms with Gasteiger partial charge in [-0.25, -0.2) is 9.53 Å². The molecule has 3 aromatic heterocycles. The molecule has 7 heteroatoms. The van der Waals surface area contributed by atoms with Gasteiger partial charge in [-0.3, -0.25) is 9.97 Å². The molecule has 2 atom stereocenters. The number of rotatable bonds is 5. The van der Waals surface area contributed by atoms with E-state index in [4.69, 9.17) is 6.57 Å². The zero-order valence-electron chi connectivity index (χ0n) is 14.8. The summed E-state index contributed by atoms with van der Waals surface area (Å²) < 4.78 is 1.59. The van der Waals surface area contributed by atoms with Crippen molar-refractivity contribution in [2.24, 2.45) is 0 Å². The molecular formula is C21H16N6O. The number of hydrogen-bond donors (Lipinski definition) is 1. The fourth-order valence-corrected chi connectivity index (χ4v) is 3.36. The molecule has 28 heavy (non-hydrogen) atoms. The lowest BCUT2D eigenvalue weighted by molar-refractivity contribution is 0.0326. The Balaban J connectivity index is 2.02. The second-order valence-electron chi connectivity index (χ2n) is 6.24. The highest BCUT2D eigenvalue weighted by Crippen LogP contribution is 2.43. The molecule has 2 unspecified atom stereocenters. The number of nitrogens with zero attached hydrogens (tertiary/aromatic N) is 6. The number of aliphatic hydroxyl groups is 1. The maximum atomic E-state index is 12.2. The topological polar surface area (TPSA) is 81.1 Å². The van der Waals surface area contributed by atoms with E-state index in [1.54, 1.807) is 84.3 Å². The van der Waals surface area contributed by atoms with Gasteiger partial charge in [0.2, 0.25) is 0 Å². The first-order chi connectivity index (χ1) is 13.7. The third-order valence-electron chi connectivity index (χ3n) is 4.62. The summed E-state index contributed by atoms with van der Waals surface area (Å²) in [6.07, 6.45) is 9.87. The quantitative estimate of drug-likeness (QED) is 0.547. The molecule has 0 bridgehead atoms. The first-order valence-corrected chi connectivity index (χ1v) is 8.60. The van der Waals surface area contributed by atoms with Gasteiger partial charge in [-0.2, -0.15) is 0 Å². The summed E-state index contributed by atoms with van der Waals surface area (Å²) >= 11 is 0. The van der Waals surface area contributed by atoms with E-state index in [2.05, 4.69) is 25.1 Å². The minimum atomic E-state index is -1.56. The van der Waals surface area contributed by atoms with Crippen LogP contribution in [0.3, 0.4) is 0 Å². The Labute approximate surface area is 161 Å². The second kappa shape index (κ2) is 7.39. The third kappa shape index (κ3) is 3.02. The molecule has 4 aromatic rings. The number of aromatic nitrogens is 5. The highest BCUT2D eigenvalue weighted by molar-refractivity contribution is 5.51. The number of benzene rings is 1. The standard InChI is InChI=1S/C21H16N6O/c1-22-19-8-2-6-17(13-19)21(28,18-7-4-10-24-15-18)20(27-12-11-25-26-27)16-5-3-9-23-14-16/h2-15,20,28H. The van der Waals surface area contributed by atoms with Gasteiger partial charge in [0.25, 0.3) is 0 Å². The predicted molar refractivity (Wildman–Crippen MR) is 102 cm³/mol. The van der Waals surface area contributed by atoms with Crippen LogP contribution < -0.4 is 0 Å². The first-order valence-electron chi connectivity index (χ1n) is 8.60. The fraction of sp³-hybridized carbons (Fsp3) is 0.0952. The van der Waals surface area contributed by atoms with Gasteiger partial charge in [-0.15, -0.1) is 5.10 Å². The summed E-state index contributed by atoms with van der Waals surface area (Å²) in [5, 5.41) is 20.3. The van der Waals surface area contributed by atoms with Crippen molar-refractivity contribution in [2.45, 2.75) is 11.6 Å². The smallest absolute Gasteiger partial charge is 0.187 e. The van der Waals surface area contributed by atoms with Crippen molar-refractivity contribution in [1.29, 1.82) is 0 Å². The van der Waals surface area contributed by atoms with Gasteiger partial charge in [0, 0.05) is 36.5 Å². The van der Waals surface area contributed by atoms with Gasteiger partial charge in [0.05, 0.1) is 12.8 Å². The van der Waals surface area contributed by atoms with Gasteiger partial charge >= 0.3 is 0 Å². The maximum absolute atomic E-state index is 12.2. The van der Waals surface area contributed by atoms with Crippen LogP contribution in [0.15, 0.2) is 85.7 Å². The van der Waals surface area contributed by atoms with Crippen LogP contribution in [0.5, 0.6) is 0 Å². The maximum Gasteiger partial charge on any atom is 0.187 e. The van der Waals surface area contributed by atoms with Crippen LogP contribution in [-0.2, 0) is 5.60 Å². The second-order valence-corrected chi connectivity index (χ2v) is 6.24. The molecule has 4 rings (SSSR count). The third-order valence-corrected chi connectivity index (χ3v) is 4.62. The minimum absolute atomic E-state index is 0.434. The Kier molecular flexibility index (Phi) is 4.62. The van der Waals surface area contributed by atoms with Crippen LogP contribution in [0.4, 0.5) is 5.69 Å². The summed E-state index contributed by atoms with van der Waals surface area (Å²) in [6.45, 7) is 7.35. The van der Waals surface area contributed by atoms with E-state index in [9.17, 15) is 5.11 Å². The molecule has 7 nitrogen and oxygen atoms in total. The van der Waals surface area contributed by atoms with Crippen LogP contribution in [0, 0.1) is 6.57 Å². The van der Waals surface area contributed by atoms with E-state index >= 15 is 0 Å². The first kappa shape index (κ1) is 17.5. The summed E-state index contributed by atoms with van der Waals surface area (Å²) in [6, 6.07) is 13.5. The lowest BCUT2D eigenvalue weighted by Crippen LogP contribution is -2.39. The zero-order chi connectivity index (χ0) is 19.4. The van der Waals surface area contributed by atoms with Gasteiger partial charge in [-0.1, -0.05) is 41.6 Å². The summed E-state index contributed by atoms with van der Waals surface area (Å²) in [4.78, 5) is 11.9. The summed E-state index contributed by atoms with van der Waals surface area (Å²) in [7, 11) is 0. The number of hydrogen-bond acceptors (Lipinski definition) is 5. The van der Waals surface area contributed by atoms with Crippen LogP contribution in [0.25, 0.3) is 4.85 Å². The van der Waals surface area contributed by atoms with E-state index in [0.717, 1.165) is 5.56 Å². The molecule has 0 spiro atoms. The molecule has 0 fully saturated rings. The molecule has 1 aromatic carbocycles. The predicted octanol–water partition coefficient (Wildman–Crippen LogP) is 3.14. The average molecular weight is 368 g/mol. The fourth-order valence-electron chi connectivity index (χ4n) is 3.36. The molecule has 0 amide bonds. The van der Waals surface area contributed by atoms with E-state index in [1.807, 2.05) is 6.07 Å². The molecule has 0 radical (unpaired) electrons. The molecule has 1 N–H and O–H groups in total. The Bertz CT molecular complexity index is 1090. The SMILES string of the molecule is [C-]#[N+]c1cccc(C(O)(c2cccnc2)C(c2cccnc2)n2ccnn2)c1. The van der Waals surface area contributed by atoms with Crippen molar-refractivity contribution < 1.29 is 5.11 Å². The Morgan fingerprint density at radius 3 is 2.39 bits per heavy atom. The molecule has 0 saturated carbocycles. The van der Waals surface area contributed by atoms with Crippen LogP contribution in [0.1, 0.15) is 22.7 Å². The van der Waals surface area contributed by atoms with Crippen molar-refractivity contribution >= 4 is 5.69 Å². The molecule has 0 saturated heterocycles. The highest BCUT2D eigenvalue weighted by atomic mass is 16.3. The Morgan fingerprint density at radius 1 is 0.964 bits per heavy atom. The summed E-state index contributed by atoms with van der Waals surface area (Å²) in [5.41, 5.74) is 0.738. The Hall–Kier alpha value is -3.89. The molecular weight excluding hydrogens is 352 g/mol. The van der Waals surface area contributed by atoms with E-state index < -0.39 is 11.6 Å². The average Bonchev–Trinajstić information content (AvgIpc) is 3.29. The largest absolute Gasteiger partial charge is 0.378 e. The van der Waals surface area contributed by atoms with Gasteiger partial charge in [0.15, 0.2) is 5.69 Å². The van der Waals surface area contributed by atoms with E-state index in [-0.39, 0.29) is 0 Å². The van der Waals surface area contributed by atoms with Crippen LogP contribution >= 0.6 is 0 Å². The Morgan fingerprint density at radius 2 is 1.75 bits per heavy atom. The van der Waals surface area contributed by atoms with Crippen LogP contribution in [-0.4, -0.2) is 30.1 Å². The van der Waals surface area contributed by atoms with Gasteiger partial charge in [-0.05, 0) is 23.3 Å². The molecule has 136 valence electrons. The van der Waals surface area contributed by atoms with Crippen molar-refractivity contribution in [3.8, 4) is 0 Å². The monoisotopic (exact) mass is 368 g/mol. The molecule has 0 aliphatic heterocycles. The minimum Gasteiger partial charge on any atom is -0.378 e. The van der Waals surface area contributed by atoms with Crippen molar-refractivity contribution in [2.75, 3.05) is 0 Å². The molecule has 0 aliphatic rings. The zero-order valence-corrected chi connectivity index (χ0v) is 14.8. The molecule has 0 aliphatic carbocycles. The van der Waals surface area contributed by atoms with Crippen LogP contribution in [0.2, 0.25) is 0 Å². The van der Waals surface area contributed by atoms with E-state index in [0.29, 0.717) is 16.8 Å². The van der Waals surface area contributed by atoms with Crippen molar-refractivity contribution in [3.05, 3.63) is 114 Å². The normalized spacial score (nSPS) is 14.0.